The van der Waals surface area contributed by atoms with Crippen LogP contribution in [-0.4, -0.2) is 17.4 Å². The second-order valence-electron chi connectivity index (χ2n) is 5.93. The SMILES string of the molecule is O=C(NCCc1ccccn1)C1CC1c1ccc(C(F)(F)F)cc1. The lowest BCUT2D eigenvalue weighted by Gasteiger charge is -2.08. The Morgan fingerprint density at radius 3 is 2.54 bits per heavy atom. The standard InChI is InChI=1S/C18H17F3N2O/c19-18(20,21)13-6-4-12(5-7-13)15-11-16(15)17(24)23-10-8-14-3-1-2-9-22-14/h1-7,9,15-16H,8,10-11H2,(H,23,24). The Balaban J connectivity index is 1.49. The molecule has 1 aliphatic rings. The fourth-order valence-electron chi connectivity index (χ4n) is 2.76. The molecule has 0 radical (unpaired) electrons. The number of carbonyl (C=O) groups excluding carboxylic acids is 1. The van der Waals surface area contributed by atoms with Crippen LogP contribution in [0.15, 0.2) is 48.7 Å². The van der Waals surface area contributed by atoms with Gasteiger partial charge in [0.1, 0.15) is 0 Å². The molecule has 6 heteroatoms. The smallest absolute Gasteiger partial charge is 0.355 e. The molecule has 3 nitrogen and oxygen atoms in total. The van der Waals surface area contributed by atoms with Gasteiger partial charge >= 0.3 is 6.18 Å². The number of carbonyl (C=O) groups is 1. The van der Waals surface area contributed by atoms with E-state index in [1.54, 1.807) is 6.20 Å². The summed E-state index contributed by atoms with van der Waals surface area (Å²) in [6, 6.07) is 10.7. The van der Waals surface area contributed by atoms with Crippen LogP contribution in [0.5, 0.6) is 0 Å². The maximum absolute atomic E-state index is 12.6. The molecular formula is C18H17F3N2O. The fourth-order valence-corrected chi connectivity index (χ4v) is 2.76. The third kappa shape index (κ3) is 3.93. The van der Waals surface area contributed by atoms with Gasteiger partial charge in [0, 0.05) is 30.8 Å². The molecule has 2 unspecified atom stereocenters. The lowest BCUT2D eigenvalue weighted by atomic mass is 10.1. The summed E-state index contributed by atoms with van der Waals surface area (Å²) in [5.74, 6) is -0.177. The summed E-state index contributed by atoms with van der Waals surface area (Å²) < 4.78 is 37.7. The highest BCUT2D eigenvalue weighted by Gasteiger charge is 2.44. The molecule has 0 aliphatic heterocycles. The van der Waals surface area contributed by atoms with Crippen LogP contribution in [0.1, 0.15) is 29.2 Å². The predicted molar refractivity (Wildman–Crippen MR) is 83.2 cm³/mol. The molecule has 3 rings (SSSR count). The number of benzene rings is 1. The Labute approximate surface area is 137 Å². The van der Waals surface area contributed by atoms with Gasteiger partial charge in [-0.2, -0.15) is 13.2 Å². The Hall–Kier alpha value is -2.37. The van der Waals surface area contributed by atoms with E-state index in [2.05, 4.69) is 10.3 Å². The molecule has 1 heterocycles. The van der Waals surface area contributed by atoms with Crippen molar-refractivity contribution in [2.45, 2.75) is 24.9 Å². The number of alkyl halides is 3. The monoisotopic (exact) mass is 334 g/mol. The van der Waals surface area contributed by atoms with Crippen LogP contribution >= 0.6 is 0 Å². The van der Waals surface area contributed by atoms with Gasteiger partial charge in [0.25, 0.3) is 0 Å². The van der Waals surface area contributed by atoms with E-state index in [0.717, 1.165) is 23.4 Å². The lowest BCUT2D eigenvalue weighted by Crippen LogP contribution is -2.27. The van der Waals surface area contributed by atoms with Crippen molar-refractivity contribution in [3.63, 3.8) is 0 Å². The van der Waals surface area contributed by atoms with Crippen LogP contribution in [0, 0.1) is 5.92 Å². The first-order chi connectivity index (χ1) is 11.4. The first kappa shape index (κ1) is 16.5. The molecule has 1 saturated carbocycles. The van der Waals surface area contributed by atoms with Gasteiger partial charge in [0.15, 0.2) is 0 Å². The van der Waals surface area contributed by atoms with Crippen molar-refractivity contribution in [3.05, 3.63) is 65.5 Å². The number of hydrogen-bond acceptors (Lipinski definition) is 2. The normalized spacial score (nSPS) is 19.8. The zero-order valence-electron chi connectivity index (χ0n) is 12.9. The van der Waals surface area contributed by atoms with Gasteiger partial charge in [-0.3, -0.25) is 9.78 Å². The quantitative estimate of drug-likeness (QED) is 0.908. The number of amides is 1. The molecule has 1 aromatic carbocycles. The van der Waals surface area contributed by atoms with E-state index in [1.807, 2.05) is 18.2 Å². The largest absolute Gasteiger partial charge is 0.416 e. The molecular weight excluding hydrogens is 317 g/mol. The summed E-state index contributed by atoms with van der Waals surface area (Å²) >= 11 is 0. The third-order valence-electron chi connectivity index (χ3n) is 4.20. The minimum Gasteiger partial charge on any atom is -0.355 e. The topological polar surface area (TPSA) is 42.0 Å². The van der Waals surface area contributed by atoms with Crippen LogP contribution in [0.3, 0.4) is 0 Å². The fraction of sp³-hybridized carbons (Fsp3) is 0.333. The average Bonchev–Trinajstić information content (AvgIpc) is 3.36. The Morgan fingerprint density at radius 2 is 1.92 bits per heavy atom. The second kappa shape index (κ2) is 6.63. The van der Waals surface area contributed by atoms with Gasteiger partial charge in [-0.15, -0.1) is 0 Å². The van der Waals surface area contributed by atoms with Gasteiger partial charge in [0.2, 0.25) is 5.91 Å². The van der Waals surface area contributed by atoms with Crippen LogP contribution in [0.2, 0.25) is 0 Å². The molecule has 1 N–H and O–H groups in total. The predicted octanol–water partition coefficient (Wildman–Crippen LogP) is 3.56. The molecule has 0 saturated heterocycles. The zero-order chi connectivity index (χ0) is 17.2. The van der Waals surface area contributed by atoms with Crippen molar-refractivity contribution in [2.75, 3.05) is 6.54 Å². The van der Waals surface area contributed by atoms with Gasteiger partial charge < -0.3 is 5.32 Å². The number of nitrogens with zero attached hydrogens (tertiary/aromatic N) is 1. The molecule has 1 fully saturated rings. The molecule has 1 aliphatic carbocycles. The highest BCUT2D eigenvalue weighted by Crippen LogP contribution is 2.47. The van der Waals surface area contributed by atoms with Crippen molar-refractivity contribution in [1.29, 1.82) is 0 Å². The van der Waals surface area contributed by atoms with E-state index in [1.165, 1.54) is 12.1 Å². The number of halogens is 3. The Bertz CT molecular complexity index is 698. The van der Waals surface area contributed by atoms with Gasteiger partial charge in [-0.1, -0.05) is 18.2 Å². The highest BCUT2D eigenvalue weighted by atomic mass is 19.4. The van der Waals surface area contributed by atoms with E-state index in [9.17, 15) is 18.0 Å². The van der Waals surface area contributed by atoms with Crippen molar-refractivity contribution in [1.82, 2.24) is 10.3 Å². The maximum atomic E-state index is 12.6. The van der Waals surface area contributed by atoms with E-state index in [4.69, 9.17) is 0 Å². The van der Waals surface area contributed by atoms with Crippen molar-refractivity contribution in [3.8, 4) is 0 Å². The maximum Gasteiger partial charge on any atom is 0.416 e. The molecule has 0 bridgehead atoms. The number of hydrogen-bond donors (Lipinski definition) is 1. The van der Waals surface area contributed by atoms with Gasteiger partial charge in [-0.05, 0) is 42.2 Å². The van der Waals surface area contributed by atoms with Crippen LogP contribution < -0.4 is 5.32 Å². The summed E-state index contributed by atoms with van der Waals surface area (Å²) in [7, 11) is 0. The number of nitrogens with one attached hydrogen (secondary N) is 1. The number of aromatic nitrogens is 1. The van der Waals surface area contributed by atoms with Crippen molar-refractivity contribution < 1.29 is 18.0 Å². The molecule has 1 aromatic heterocycles. The Kier molecular flexibility index (Phi) is 4.55. The summed E-state index contributed by atoms with van der Waals surface area (Å²) in [4.78, 5) is 16.3. The van der Waals surface area contributed by atoms with Crippen LogP contribution in [0.4, 0.5) is 13.2 Å². The average molecular weight is 334 g/mol. The molecule has 0 spiro atoms. The third-order valence-corrected chi connectivity index (χ3v) is 4.20. The summed E-state index contributed by atoms with van der Waals surface area (Å²) in [6.45, 7) is 0.506. The van der Waals surface area contributed by atoms with Crippen LogP contribution in [0.25, 0.3) is 0 Å². The molecule has 2 atom stereocenters. The summed E-state index contributed by atoms with van der Waals surface area (Å²) in [6.07, 6.45) is -1.28. The summed E-state index contributed by atoms with van der Waals surface area (Å²) in [5, 5.41) is 2.87. The van der Waals surface area contributed by atoms with Crippen LogP contribution in [-0.2, 0) is 17.4 Å². The van der Waals surface area contributed by atoms with Gasteiger partial charge in [0.05, 0.1) is 5.56 Å². The second-order valence-corrected chi connectivity index (χ2v) is 5.93. The number of rotatable bonds is 5. The minimum atomic E-state index is -4.33. The Morgan fingerprint density at radius 1 is 1.17 bits per heavy atom. The van der Waals surface area contributed by atoms with E-state index in [0.29, 0.717) is 19.4 Å². The molecule has 24 heavy (non-hydrogen) atoms. The van der Waals surface area contributed by atoms with E-state index >= 15 is 0 Å². The summed E-state index contributed by atoms with van der Waals surface area (Å²) in [5.41, 5.74) is 1.03. The minimum absolute atomic E-state index is 0.0159. The number of pyridine rings is 1. The highest BCUT2D eigenvalue weighted by molar-refractivity contribution is 5.82. The first-order valence-corrected chi connectivity index (χ1v) is 7.80. The van der Waals surface area contributed by atoms with E-state index < -0.39 is 11.7 Å². The molecule has 2 aromatic rings. The lowest BCUT2D eigenvalue weighted by molar-refractivity contribution is -0.137. The van der Waals surface area contributed by atoms with E-state index in [-0.39, 0.29) is 17.7 Å². The van der Waals surface area contributed by atoms with Crippen molar-refractivity contribution >= 4 is 5.91 Å². The zero-order valence-corrected chi connectivity index (χ0v) is 12.9. The molecule has 1 amide bonds. The first-order valence-electron chi connectivity index (χ1n) is 7.80. The van der Waals surface area contributed by atoms with Gasteiger partial charge in [-0.25, -0.2) is 0 Å². The molecule has 126 valence electrons. The van der Waals surface area contributed by atoms with Crippen molar-refractivity contribution in [2.24, 2.45) is 5.92 Å².